The maximum Gasteiger partial charge on any atom is 0.239 e. The number of nitrogens with zero attached hydrogens (tertiary/aromatic N) is 4. The van der Waals surface area contributed by atoms with Crippen LogP contribution in [-0.2, 0) is 11.8 Å². The number of likely N-dealkylation sites (tertiary alicyclic amines) is 1. The molecule has 0 aliphatic carbocycles. The maximum absolute atomic E-state index is 14.5. The van der Waals surface area contributed by atoms with Crippen LogP contribution in [0.4, 0.5) is 10.2 Å². The zero-order valence-corrected chi connectivity index (χ0v) is 15.3. The van der Waals surface area contributed by atoms with Crippen LogP contribution >= 0.6 is 0 Å². The van der Waals surface area contributed by atoms with E-state index in [0.29, 0.717) is 23.1 Å². The number of carbonyl (C=O) groups is 1. The molecule has 3 heterocycles. The highest BCUT2D eigenvalue weighted by atomic mass is 19.1. The van der Waals surface area contributed by atoms with Crippen LogP contribution in [0, 0.1) is 5.82 Å². The number of pyridine rings is 1. The third-order valence-corrected chi connectivity index (χ3v) is 4.91. The third-order valence-electron chi connectivity index (χ3n) is 4.91. The van der Waals surface area contributed by atoms with Crippen LogP contribution in [-0.4, -0.2) is 45.2 Å². The third kappa shape index (κ3) is 3.98. The summed E-state index contributed by atoms with van der Waals surface area (Å²) >= 11 is 0. The number of rotatable bonds is 4. The van der Waals surface area contributed by atoms with Crippen LogP contribution in [0.15, 0.2) is 36.8 Å². The first-order chi connectivity index (χ1) is 13.1. The minimum absolute atomic E-state index is 0.0902. The van der Waals surface area contributed by atoms with Gasteiger partial charge in [-0.1, -0.05) is 6.42 Å². The minimum Gasteiger partial charge on any atom is -0.310 e. The van der Waals surface area contributed by atoms with Gasteiger partial charge in [-0.05, 0) is 55.1 Å². The minimum atomic E-state index is -0.343. The van der Waals surface area contributed by atoms with E-state index in [9.17, 15) is 9.18 Å². The predicted octanol–water partition coefficient (Wildman–Crippen LogP) is 3.20. The summed E-state index contributed by atoms with van der Waals surface area (Å²) in [6, 6.07) is 5.08. The van der Waals surface area contributed by atoms with Gasteiger partial charge >= 0.3 is 0 Å². The highest BCUT2D eigenvalue weighted by Gasteiger charge is 2.15. The molecule has 1 aromatic carbocycles. The van der Waals surface area contributed by atoms with E-state index in [4.69, 9.17) is 0 Å². The molecule has 0 spiro atoms. The van der Waals surface area contributed by atoms with Crippen LogP contribution in [0.25, 0.3) is 21.9 Å². The molecule has 2 aromatic heterocycles. The van der Waals surface area contributed by atoms with E-state index in [1.165, 1.54) is 18.7 Å². The first kappa shape index (κ1) is 17.6. The summed E-state index contributed by atoms with van der Waals surface area (Å²) in [6.45, 7) is 2.28. The number of aryl methyl sites for hydroxylation is 1. The molecule has 0 atom stereocenters. The van der Waals surface area contributed by atoms with Crippen LogP contribution in [0.1, 0.15) is 19.3 Å². The number of benzene rings is 1. The Bertz CT molecular complexity index is 978. The van der Waals surface area contributed by atoms with E-state index in [2.05, 4.69) is 20.3 Å². The molecule has 1 N–H and O–H groups in total. The lowest BCUT2D eigenvalue weighted by atomic mass is 10.0. The molecule has 3 aromatic rings. The number of hydrogen-bond acceptors (Lipinski definition) is 4. The van der Waals surface area contributed by atoms with E-state index >= 15 is 0 Å². The summed E-state index contributed by atoms with van der Waals surface area (Å²) in [6.07, 6.45) is 8.51. The van der Waals surface area contributed by atoms with Crippen molar-refractivity contribution in [1.29, 1.82) is 0 Å². The lowest BCUT2D eigenvalue weighted by Gasteiger charge is -2.25. The van der Waals surface area contributed by atoms with Gasteiger partial charge in [0.15, 0.2) is 0 Å². The average molecular weight is 367 g/mol. The van der Waals surface area contributed by atoms with Gasteiger partial charge in [-0.25, -0.2) is 9.37 Å². The van der Waals surface area contributed by atoms with Crippen molar-refractivity contribution in [1.82, 2.24) is 19.7 Å². The van der Waals surface area contributed by atoms with Crippen molar-refractivity contribution in [2.24, 2.45) is 7.05 Å². The van der Waals surface area contributed by atoms with Crippen LogP contribution in [0.5, 0.6) is 0 Å². The van der Waals surface area contributed by atoms with Gasteiger partial charge in [0.25, 0.3) is 0 Å². The Kier molecular flexibility index (Phi) is 4.85. The number of anilines is 1. The van der Waals surface area contributed by atoms with Crippen molar-refractivity contribution in [3.05, 3.63) is 42.6 Å². The summed E-state index contributed by atoms with van der Waals surface area (Å²) in [5, 5.41) is 8.09. The molecule has 27 heavy (non-hydrogen) atoms. The number of hydrogen-bond donors (Lipinski definition) is 1. The highest BCUT2D eigenvalue weighted by molar-refractivity contribution is 5.95. The smallest absolute Gasteiger partial charge is 0.239 e. The molecule has 0 radical (unpaired) electrons. The Hall–Kier alpha value is -2.80. The molecular formula is C20H22FN5O. The molecule has 0 saturated carbocycles. The van der Waals surface area contributed by atoms with E-state index in [1.54, 1.807) is 16.9 Å². The standard InChI is InChI=1S/C20H22FN5O/c1-25-12-16(10-23-25)14-7-15-9-19(22-11-17(15)18(21)8-14)24-20(27)13-26-5-3-2-4-6-26/h7-12H,2-6,13H2,1H3,(H,22,24,27). The van der Waals surface area contributed by atoms with E-state index in [1.807, 2.05) is 19.3 Å². The molecular weight excluding hydrogens is 345 g/mol. The monoisotopic (exact) mass is 367 g/mol. The number of fused-ring (bicyclic) bond motifs is 1. The Morgan fingerprint density at radius 2 is 1.96 bits per heavy atom. The van der Waals surface area contributed by atoms with Gasteiger partial charge in [-0.15, -0.1) is 0 Å². The number of carbonyl (C=O) groups excluding carboxylic acids is 1. The van der Waals surface area contributed by atoms with E-state index in [0.717, 1.165) is 37.1 Å². The topological polar surface area (TPSA) is 63.1 Å². The predicted molar refractivity (Wildman–Crippen MR) is 103 cm³/mol. The number of aromatic nitrogens is 3. The van der Waals surface area contributed by atoms with Crippen molar-refractivity contribution in [2.75, 3.05) is 25.0 Å². The molecule has 140 valence electrons. The van der Waals surface area contributed by atoms with E-state index < -0.39 is 0 Å². The maximum atomic E-state index is 14.5. The Labute approximate surface area is 157 Å². The molecule has 1 amide bonds. The summed E-state index contributed by atoms with van der Waals surface area (Å²) in [5.74, 6) is 0.00456. The Morgan fingerprint density at radius 3 is 2.70 bits per heavy atom. The van der Waals surface area contributed by atoms with Gasteiger partial charge in [-0.3, -0.25) is 14.4 Å². The second-order valence-electron chi connectivity index (χ2n) is 7.04. The number of halogens is 1. The fourth-order valence-corrected chi connectivity index (χ4v) is 3.52. The molecule has 7 heteroatoms. The second-order valence-corrected chi connectivity index (χ2v) is 7.04. The van der Waals surface area contributed by atoms with Crippen molar-refractivity contribution in [3.8, 4) is 11.1 Å². The normalized spacial score (nSPS) is 15.2. The average Bonchev–Trinajstić information content (AvgIpc) is 3.08. The molecule has 1 aliphatic heterocycles. The number of piperidine rings is 1. The molecule has 0 bridgehead atoms. The number of amides is 1. The first-order valence-corrected chi connectivity index (χ1v) is 9.19. The quantitative estimate of drug-likeness (QED) is 0.769. The molecule has 1 fully saturated rings. The largest absolute Gasteiger partial charge is 0.310 e. The van der Waals surface area contributed by atoms with Gasteiger partial charge in [0.05, 0.1) is 12.7 Å². The zero-order valence-electron chi connectivity index (χ0n) is 15.3. The molecule has 6 nitrogen and oxygen atoms in total. The lowest BCUT2D eigenvalue weighted by Crippen LogP contribution is -2.36. The fourth-order valence-electron chi connectivity index (χ4n) is 3.52. The van der Waals surface area contributed by atoms with E-state index in [-0.39, 0.29) is 11.7 Å². The molecule has 1 aliphatic rings. The van der Waals surface area contributed by atoms with Crippen molar-refractivity contribution < 1.29 is 9.18 Å². The molecule has 4 rings (SSSR count). The summed E-state index contributed by atoms with van der Waals surface area (Å²) in [5.41, 5.74) is 1.58. The van der Waals surface area contributed by atoms with Gasteiger partial charge in [0.1, 0.15) is 11.6 Å². The lowest BCUT2D eigenvalue weighted by molar-refractivity contribution is -0.117. The van der Waals surface area contributed by atoms with Gasteiger partial charge < -0.3 is 5.32 Å². The Morgan fingerprint density at radius 1 is 1.15 bits per heavy atom. The van der Waals surface area contributed by atoms with Crippen molar-refractivity contribution in [3.63, 3.8) is 0 Å². The fraction of sp³-hybridized carbons (Fsp3) is 0.350. The van der Waals surface area contributed by atoms with Gasteiger partial charge in [0, 0.05) is 30.4 Å². The van der Waals surface area contributed by atoms with Gasteiger partial charge in [-0.2, -0.15) is 5.10 Å². The van der Waals surface area contributed by atoms with Gasteiger partial charge in [0.2, 0.25) is 5.91 Å². The molecule has 0 unspecified atom stereocenters. The second kappa shape index (κ2) is 7.44. The van der Waals surface area contributed by atoms with Crippen molar-refractivity contribution in [2.45, 2.75) is 19.3 Å². The highest BCUT2D eigenvalue weighted by Crippen LogP contribution is 2.27. The summed E-state index contributed by atoms with van der Waals surface area (Å²) in [7, 11) is 1.82. The summed E-state index contributed by atoms with van der Waals surface area (Å²) in [4.78, 5) is 18.7. The summed E-state index contributed by atoms with van der Waals surface area (Å²) < 4.78 is 16.2. The van der Waals surface area contributed by atoms with Crippen LogP contribution < -0.4 is 5.32 Å². The SMILES string of the molecule is Cn1cc(-c2cc(F)c3cnc(NC(=O)CN4CCCCC4)cc3c2)cn1. The zero-order chi connectivity index (χ0) is 18.8. The van der Waals surface area contributed by atoms with Crippen molar-refractivity contribution >= 4 is 22.5 Å². The van der Waals surface area contributed by atoms with Crippen LogP contribution in [0.3, 0.4) is 0 Å². The molecule has 1 saturated heterocycles. The first-order valence-electron chi connectivity index (χ1n) is 9.19. The van der Waals surface area contributed by atoms with Crippen LogP contribution in [0.2, 0.25) is 0 Å². The Balaban J connectivity index is 1.56. The number of nitrogens with one attached hydrogen (secondary N) is 1.